The van der Waals surface area contributed by atoms with Crippen molar-refractivity contribution >= 4 is 21.6 Å². The Morgan fingerprint density at radius 3 is 3.20 bits per heavy atom. The molecule has 10 heavy (non-hydrogen) atoms. The van der Waals surface area contributed by atoms with E-state index in [-0.39, 0.29) is 0 Å². The maximum atomic E-state index is 4.09. The van der Waals surface area contributed by atoms with Crippen LogP contribution in [0.25, 0.3) is 5.65 Å². The van der Waals surface area contributed by atoms with Crippen molar-refractivity contribution in [1.29, 1.82) is 0 Å². The van der Waals surface area contributed by atoms with Crippen molar-refractivity contribution in [3.8, 4) is 0 Å². The van der Waals surface area contributed by atoms with Crippen LogP contribution < -0.4 is 0 Å². The minimum Gasteiger partial charge on any atom is -0.290 e. The molecular formula is C6H4BrN3. The van der Waals surface area contributed by atoms with Gasteiger partial charge in [-0.3, -0.25) is 4.40 Å². The van der Waals surface area contributed by atoms with Crippen LogP contribution in [0.3, 0.4) is 0 Å². The molecule has 0 fully saturated rings. The Morgan fingerprint density at radius 2 is 2.30 bits per heavy atom. The minimum absolute atomic E-state index is 0.864. The average molecular weight is 198 g/mol. The number of aromatic nitrogens is 3. The van der Waals surface area contributed by atoms with E-state index in [0.29, 0.717) is 0 Å². The van der Waals surface area contributed by atoms with Crippen LogP contribution >= 0.6 is 15.9 Å². The van der Waals surface area contributed by atoms with E-state index in [4.69, 9.17) is 0 Å². The lowest BCUT2D eigenvalue weighted by Crippen LogP contribution is -1.83. The summed E-state index contributed by atoms with van der Waals surface area (Å²) < 4.78 is 2.81. The predicted molar refractivity (Wildman–Crippen MR) is 40.7 cm³/mol. The molecule has 0 aliphatic rings. The van der Waals surface area contributed by atoms with Gasteiger partial charge in [-0.1, -0.05) is 0 Å². The Hall–Kier alpha value is -0.900. The predicted octanol–water partition coefficient (Wildman–Crippen LogP) is 1.49. The average Bonchev–Trinajstić information content (AvgIpc) is 2.33. The molecule has 0 aliphatic carbocycles. The normalized spacial score (nSPS) is 10.5. The summed E-state index contributed by atoms with van der Waals surface area (Å²) in [6.07, 6.45) is 7.09. The van der Waals surface area contributed by atoms with Gasteiger partial charge in [0.1, 0.15) is 6.33 Å². The maximum absolute atomic E-state index is 4.09. The number of halogens is 1. The molecule has 2 heterocycles. The van der Waals surface area contributed by atoms with Gasteiger partial charge in [-0.25, -0.2) is 9.97 Å². The SMILES string of the molecule is Brc1cnc2cncn2c1. The standard InChI is InChI=1S/C6H4BrN3/c7-5-1-9-6-2-8-4-10(6)3-5/h1-4H. The molecule has 2 aromatic rings. The first-order valence-electron chi connectivity index (χ1n) is 2.79. The fourth-order valence-corrected chi connectivity index (χ4v) is 1.11. The zero-order valence-electron chi connectivity index (χ0n) is 5.03. The molecule has 0 saturated heterocycles. The minimum atomic E-state index is 0.864. The summed E-state index contributed by atoms with van der Waals surface area (Å²) in [6, 6.07) is 0. The fraction of sp³-hybridized carbons (Fsp3) is 0. The van der Waals surface area contributed by atoms with Crippen molar-refractivity contribution in [2.45, 2.75) is 0 Å². The number of hydrogen-bond acceptors (Lipinski definition) is 2. The van der Waals surface area contributed by atoms with Crippen molar-refractivity contribution in [3.05, 3.63) is 29.4 Å². The van der Waals surface area contributed by atoms with Crippen LogP contribution in [-0.4, -0.2) is 14.4 Å². The van der Waals surface area contributed by atoms with Gasteiger partial charge >= 0.3 is 0 Å². The summed E-state index contributed by atoms with van der Waals surface area (Å²) in [7, 11) is 0. The van der Waals surface area contributed by atoms with E-state index in [0.717, 1.165) is 10.1 Å². The number of hydrogen-bond donors (Lipinski definition) is 0. The lowest BCUT2D eigenvalue weighted by atomic mass is 10.6. The van der Waals surface area contributed by atoms with Gasteiger partial charge in [-0.2, -0.15) is 0 Å². The molecule has 0 aliphatic heterocycles. The van der Waals surface area contributed by atoms with Gasteiger partial charge in [0, 0.05) is 12.4 Å². The molecule has 0 N–H and O–H groups in total. The van der Waals surface area contributed by atoms with Crippen molar-refractivity contribution in [2.75, 3.05) is 0 Å². The second-order valence-corrected chi connectivity index (χ2v) is 2.85. The Kier molecular flexibility index (Phi) is 1.20. The molecule has 3 nitrogen and oxygen atoms in total. The molecule has 0 spiro atoms. The third kappa shape index (κ3) is 0.806. The fourth-order valence-electron chi connectivity index (χ4n) is 0.791. The molecular weight excluding hydrogens is 194 g/mol. The van der Waals surface area contributed by atoms with Crippen LogP contribution in [0.2, 0.25) is 0 Å². The molecule has 0 amide bonds. The second-order valence-electron chi connectivity index (χ2n) is 1.93. The van der Waals surface area contributed by atoms with Crippen LogP contribution in [0.1, 0.15) is 0 Å². The number of fused-ring (bicyclic) bond motifs is 1. The summed E-state index contributed by atoms with van der Waals surface area (Å²) >= 11 is 3.31. The highest BCUT2D eigenvalue weighted by Crippen LogP contribution is 2.07. The van der Waals surface area contributed by atoms with Crippen LogP contribution in [0, 0.1) is 0 Å². The third-order valence-corrected chi connectivity index (χ3v) is 1.64. The van der Waals surface area contributed by atoms with Crippen molar-refractivity contribution in [3.63, 3.8) is 0 Å². The molecule has 0 radical (unpaired) electrons. The molecule has 0 aromatic carbocycles. The highest BCUT2D eigenvalue weighted by Gasteiger charge is 1.92. The lowest BCUT2D eigenvalue weighted by Gasteiger charge is -1.90. The Morgan fingerprint density at radius 1 is 1.40 bits per heavy atom. The van der Waals surface area contributed by atoms with Gasteiger partial charge in [-0.05, 0) is 15.9 Å². The summed E-state index contributed by atoms with van der Waals surface area (Å²) in [6.45, 7) is 0. The van der Waals surface area contributed by atoms with Gasteiger partial charge in [0.15, 0.2) is 5.65 Å². The number of rotatable bonds is 0. The molecule has 4 heteroatoms. The first kappa shape index (κ1) is 5.85. The largest absolute Gasteiger partial charge is 0.290 e. The number of nitrogens with zero attached hydrogens (tertiary/aromatic N) is 3. The van der Waals surface area contributed by atoms with E-state index in [2.05, 4.69) is 25.9 Å². The number of imidazole rings is 1. The van der Waals surface area contributed by atoms with Crippen LogP contribution in [-0.2, 0) is 0 Å². The third-order valence-electron chi connectivity index (χ3n) is 1.23. The monoisotopic (exact) mass is 197 g/mol. The zero-order valence-corrected chi connectivity index (χ0v) is 6.62. The Labute approximate surface area is 65.9 Å². The van der Waals surface area contributed by atoms with Crippen LogP contribution in [0.4, 0.5) is 0 Å². The van der Waals surface area contributed by atoms with Gasteiger partial charge in [0.05, 0.1) is 10.7 Å². The second kappa shape index (κ2) is 2.05. The lowest BCUT2D eigenvalue weighted by molar-refractivity contribution is 1.10. The van der Waals surface area contributed by atoms with E-state index < -0.39 is 0 Å². The van der Waals surface area contributed by atoms with E-state index in [1.54, 1.807) is 18.7 Å². The summed E-state index contributed by atoms with van der Waals surface area (Å²) in [4.78, 5) is 8.02. The van der Waals surface area contributed by atoms with Crippen LogP contribution in [0.15, 0.2) is 29.4 Å². The Balaban J connectivity index is 2.86. The molecule has 0 bridgehead atoms. The van der Waals surface area contributed by atoms with Gasteiger partial charge < -0.3 is 0 Å². The summed E-state index contributed by atoms with van der Waals surface area (Å²) in [5, 5.41) is 0. The first-order chi connectivity index (χ1) is 4.86. The molecule has 2 aromatic heterocycles. The van der Waals surface area contributed by atoms with E-state index in [1.165, 1.54) is 0 Å². The van der Waals surface area contributed by atoms with Gasteiger partial charge in [0.25, 0.3) is 0 Å². The highest BCUT2D eigenvalue weighted by atomic mass is 79.9. The molecule has 0 saturated carbocycles. The quantitative estimate of drug-likeness (QED) is 0.641. The van der Waals surface area contributed by atoms with E-state index >= 15 is 0 Å². The summed E-state index contributed by atoms with van der Waals surface area (Å²) in [5.74, 6) is 0. The first-order valence-corrected chi connectivity index (χ1v) is 3.59. The molecule has 50 valence electrons. The molecule has 2 rings (SSSR count). The van der Waals surface area contributed by atoms with Gasteiger partial charge in [0.2, 0.25) is 0 Å². The van der Waals surface area contributed by atoms with Crippen molar-refractivity contribution in [2.24, 2.45) is 0 Å². The zero-order chi connectivity index (χ0) is 6.97. The molecule has 0 atom stereocenters. The highest BCUT2D eigenvalue weighted by molar-refractivity contribution is 9.10. The van der Waals surface area contributed by atoms with E-state index in [9.17, 15) is 0 Å². The Bertz CT molecular complexity index is 355. The molecule has 0 unspecified atom stereocenters. The topological polar surface area (TPSA) is 30.2 Å². The van der Waals surface area contributed by atoms with Crippen molar-refractivity contribution in [1.82, 2.24) is 14.4 Å². The maximum Gasteiger partial charge on any atom is 0.156 e. The van der Waals surface area contributed by atoms with Gasteiger partial charge in [-0.15, -0.1) is 0 Å². The van der Waals surface area contributed by atoms with Crippen molar-refractivity contribution < 1.29 is 0 Å². The smallest absolute Gasteiger partial charge is 0.156 e. The van der Waals surface area contributed by atoms with Crippen LogP contribution in [0.5, 0.6) is 0 Å². The summed E-state index contributed by atoms with van der Waals surface area (Å²) in [5.41, 5.74) is 0.864. The van der Waals surface area contributed by atoms with E-state index in [1.807, 2.05) is 10.6 Å².